The minimum Gasteiger partial charge on any atom is -0.491 e. The highest BCUT2D eigenvalue weighted by molar-refractivity contribution is 7.09. The van der Waals surface area contributed by atoms with Crippen molar-refractivity contribution in [3.8, 4) is 5.75 Å². The smallest absolute Gasteiger partial charge is 0.142 e. The molecule has 20 heavy (non-hydrogen) atoms. The Balaban J connectivity index is 1.91. The number of nitrogens with zero attached hydrogens (tertiary/aromatic N) is 1. The second-order valence-corrected chi connectivity index (χ2v) is 5.78. The Labute approximate surface area is 125 Å². The van der Waals surface area contributed by atoms with Gasteiger partial charge in [0.25, 0.3) is 0 Å². The summed E-state index contributed by atoms with van der Waals surface area (Å²) in [6.45, 7) is 6.65. The summed E-state index contributed by atoms with van der Waals surface area (Å²) in [7, 11) is 0. The zero-order valence-electron chi connectivity index (χ0n) is 12.2. The monoisotopic (exact) mass is 290 g/mol. The average molecular weight is 290 g/mol. The van der Waals surface area contributed by atoms with Crippen molar-refractivity contribution in [3.05, 3.63) is 45.9 Å². The van der Waals surface area contributed by atoms with Crippen LogP contribution in [0.2, 0.25) is 0 Å². The quantitative estimate of drug-likeness (QED) is 0.755. The summed E-state index contributed by atoms with van der Waals surface area (Å²) < 4.78 is 5.90. The van der Waals surface area contributed by atoms with Crippen LogP contribution < -0.4 is 10.1 Å². The number of rotatable bonds is 8. The van der Waals surface area contributed by atoms with Gasteiger partial charge in [-0.3, -0.25) is 4.98 Å². The minimum absolute atomic E-state index is 0.700. The molecule has 2 rings (SSSR count). The lowest BCUT2D eigenvalue weighted by atomic mass is 10.2. The van der Waals surface area contributed by atoms with Crippen molar-refractivity contribution in [2.75, 3.05) is 13.2 Å². The predicted octanol–water partition coefficient (Wildman–Crippen LogP) is 3.57. The van der Waals surface area contributed by atoms with Gasteiger partial charge in [0.15, 0.2) is 0 Å². The average Bonchev–Trinajstić information content (AvgIpc) is 2.95. The Bertz CT molecular complexity index is 511. The SMILES string of the molecule is CCCNCc1nc(C)ccc1OCCc1cccs1. The van der Waals surface area contributed by atoms with Crippen molar-refractivity contribution in [2.24, 2.45) is 0 Å². The minimum atomic E-state index is 0.700. The van der Waals surface area contributed by atoms with Crippen LogP contribution in [0.25, 0.3) is 0 Å². The highest BCUT2D eigenvalue weighted by Gasteiger charge is 2.06. The van der Waals surface area contributed by atoms with Gasteiger partial charge >= 0.3 is 0 Å². The van der Waals surface area contributed by atoms with Gasteiger partial charge < -0.3 is 10.1 Å². The van der Waals surface area contributed by atoms with E-state index in [0.717, 1.165) is 43.1 Å². The van der Waals surface area contributed by atoms with Crippen LogP contribution in [0, 0.1) is 6.92 Å². The lowest BCUT2D eigenvalue weighted by Gasteiger charge is -2.12. The van der Waals surface area contributed by atoms with E-state index in [-0.39, 0.29) is 0 Å². The second kappa shape index (κ2) is 8.02. The molecule has 0 aromatic carbocycles. The third kappa shape index (κ3) is 4.62. The molecule has 0 fully saturated rings. The van der Waals surface area contributed by atoms with Crippen LogP contribution in [-0.4, -0.2) is 18.1 Å². The molecular weight excluding hydrogens is 268 g/mol. The topological polar surface area (TPSA) is 34.2 Å². The van der Waals surface area contributed by atoms with Crippen LogP contribution in [0.4, 0.5) is 0 Å². The van der Waals surface area contributed by atoms with E-state index in [1.807, 2.05) is 19.1 Å². The summed E-state index contributed by atoms with van der Waals surface area (Å²) in [5.41, 5.74) is 2.04. The normalized spacial score (nSPS) is 10.7. The van der Waals surface area contributed by atoms with Gasteiger partial charge in [0.1, 0.15) is 5.75 Å². The standard InChI is InChI=1S/C16H22N2OS/c1-3-9-17-12-15-16(7-6-13(2)18-15)19-10-8-14-5-4-11-20-14/h4-7,11,17H,3,8-10,12H2,1-2H3. The number of nitrogens with one attached hydrogen (secondary N) is 1. The van der Waals surface area contributed by atoms with Gasteiger partial charge in [-0.2, -0.15) is 0 Å². The molecule has 0 aliphatic heterocycles. The number of thiophene rings is 1. The van der Waals surface area contributed by atoms with Gasteiger partial charge in [0.2, 0.25) is 0 Å². The molecule has 0 unspecified atom stereocenters. The number of aromatic nitrogens is 1. The molecule has 1 N–H and O–H groups in total. The fraction of sp³-hybridized carbons (Fsp3) is 0.438. The first kappa shape index (κ1) is 15.0. The first-order valence-electron chi connectivity index (χ1n) is 7.12. The Morgan fingerprint density at radius 3 is 2.95 bits per heavy atom. The molecule has 0 saturated heterocycles. The zero-order chi connectivity index (χ0) is 14.2. The zero-order valence-corrected chi connectivity index (χ0v) is 13.0. The number of pyridine rings is 1. The van der Waals surface area contributed by atoms with Crippen molar-refractivity contribution >= 4 is 11.3 Å². The molecule has 0 atom stereocenters. The number of aryl methyl sites for hydroxylation is 1. The lowest BCUT2D eigenvalue weighted by Crippen LogP contribution is -2.16. The fourth-order valence-corrected chi connectivity index (χ4v) is 2.65. The predicted molar refractivity (Wildman–Crippen MR) is 84.5 cm³/mol. The molecule has 108 valence electrons. The van der Waals surface area contributed by atoms with Gasteiger partial charge in [-0.1, -0.05) is 13.0 Å². The van der Waals surface area contributed by atoms with E-state index in [1.165, 1.54) is 4.88 Å². The van der Waals surface area contributed by atoms with Crippen LogP contribution in [0.3, 0.4) is 0 Å². The molecule has 2 heterocycles. The molecule has 0 amide bonds. The second-order valence-electron chi connectivity index (χ2n) is 4.75. The van der Waals surface area contributed by atoms with E-state index < -0.39 is 0 Å². The van der Waals surface area contributed by atoms with Crippen molar-refractivity contribution in [2.45, 2.75) is 33.2 Å². The molecule has 3 nitrogen and oxygen atoms in total. The molecule has 0 aliphatic carbocycles. The summed E-state index contributed by atoms with van der Waals surface area (Å²) in [4.78, 5) is 5.93. The fourth-order valence-electron chi connectivity index (χ4n) is 1.96. The third-order valence-electron chi connectivity index (χ3n) is 2.98. The van der Waals surface area contributed by atoms with Crippen molar-refractivity contribution in [1.29, 1.82) is 0 Å². The molecular formula is C16H22N2OS. The Morgan fingerprint density at radius 1 is 1.30 bits per heavy atom. The first-order chi connectivity index (χ1) is 9.79. The molecule has 2 aromatic rings. The van der Waals surface area contributed by atoms with E-state index in [4.69, 9.17) is 4.74 Å². The van der Waals surface area contributed by atoms with Crippen LogP contribution in [0.15, 0.2) is 29.6 Å². The highest BCUT2D eigenvalue weighted by Crippen LogP contribution is 2.18. The summed E-state index contributed by atoms with van der Waals surface area (Å²) in [6, 6.07) is 8.25. The van der Waals surface area contributed by atoms with E-state index in [1.54, 1.807) is 11.3 Å². The summed E-state index contributed by atoms with van der Waals surface area (Å²) in [5, 5.41) is 5.48. The third-order valence-corrected chi connectivity index (χ3v) is 3.91. The van der Waals surface area contributed by atoms with Crippen molar-refractivity contribution in [3.63, 3.8) is 0 Å². The van der Waals surface area contributed by atoms with Gasteiger partial charge in [-0.15, -0.1) is 11.3 Å². The number of hydrogen-bond donors (Lipinski definition) is 1. The summed E-state index contributed by atoms with van der Waals surface area (Å²) >= 11 is 1.77. The number of hydrogen-bond acceptors (Lipinski definition) is 4. The van der Waals surface area contributed by atoms with Crippen LogP contribution in [-0.2, 0) is 13.0 Å². The van der Waals surface area contributed by atoms with Gasteiger partial charge in [0.05, 0.1) is 12.3 Å². The molecule has 2 aromatic heterocycles. The largest absolute Gasteiger partial charge is 0.491 e. The van der Waals surface area contributed by atoms with Gasteiger partial charge in [-0.25, -0.2) is 0 Å². The van der Waals surface area contributed by atoms with Crippen LogP contribution >= 0.6 is 11.3 Å². The van der Waals surface area contributed by atoms with E-state index in [0.29, 0.717) is 6.61 Å². The highest BCUT2D eigenvalue weighted by atomic mass is 32.1. The van der Waals surface area contributed by atoms with Crippen LogP contribution in [0.5, 0.6) is 5.75 Å². The van der Waals surface area contributed by atoms with E-state index >= 15 is 0 Å². The maximum atomic E-state index is 5.90. The molecule has 0 bridgehead atoms. The molecule has 0 spiro atoms. The van der Waals surface area contributed by atoms with E-state index in [9.17, 15) is 0 Å². The van der Waals surface area contributed by atoms with Gasteiger partial charge in [-0.05, 0) is 43.5 Å². The first-order valence-corrected chi connectivity index (χ1v) is 8.00. The lowest BCUT2D eigenvalue weighted by molar-refractivity contribution is 0.316. The maximum Gasteiger partial charge on any atom is 0.142 e. The Kier molecular flexibility index (Phi) is 6.02. The van der Waals surface area contributed by atoms with Crippen molar-refractivity contribution in [1.82, 2.24) is 10.3 Å². The maximum absolute atomic E-state index is 5.90. The Hall–Kier alpha value is -1.39. The van der Waals surface area contributed by atoms with Crippen molar-refractivity contribution < 1.29 is 4.74 Å². The number of ether oxygens (including phenoxy) is 1. The Morgan fingerprint density at radius 2 is 2.20 bits per heavy atom. The molecule has 0 saturated carbocycles. The van der Waals surface area contributed by atoms with Gasteiger partial charge in [0, 0.05) is 23.5 Å². The molecule has 4 heteroatoms. The van der Waals surface area contributed by atoms with Crippen LogP contribution in [0.1, 0.15) is 29.6 Å². The summed E-state index contributed by atoms with van der Waals surface area (Å²) in [6.07, 6.45) is 2.08. The molecule has 0 radical (unpaired) electrons. The summed E-state index contributed by atoms with van der Waals surface area (Å²) in [5.74, 6) is 0.899. The molecule has 0 aliphatic rings. The van der Waals surface area contributed by atoms with E-state index in [2.05, 4.69) is 34.7 Å².